The number of likely N-dealkylation sites (N-methyl/N-ethyl adjacent to an activating group) is 1. The Morgan fingerprint density at radius 2 is 1.77 bits per heavy atom. The minimum Gasteiger partial charge on any atom is -0.353 e. The van der Waals surface area contributed by atoms with Crippen molar-refractivity contribution in [3.63, 3.8) is 0 Å². The lowest BCUT2D eigenvalue weighted by molar-refractivity contribution is -0.383. The quantitative estimate of drug-likeness (QED) is 0.414. The maximum Gasteiger partial charge on any atom is 0.313 e. The van der Waals surface area contributed by atoms with Crippen LogP contribution in [0.15, 0.2) is 42.6 Å². The molecule has 10 heteroatoms. The van der Waals surface area contributed by atoms with Gasteiger partial charge in [0.05, 0.1) is 11.0 Å². The first-order valence-electron chi connectivity index (χ1n) is 9.73. The molecule has 10 nitrogen and oxygen atoms in total. The number of aryl methyl sites for hydroxylation is 1. The number of anilines is 1. The van der Waals surface area contributed by atoms with Gasteiger partial charge in [-0.05, 0) is 25.2 Å². The van der Waals surface area contributed by atoms with Gasteiger partial charge in [0.2, 0.25) is 0 Å². The average molecular weight is 414 g/mol. The number of nitro groups is 1. The van der Waals surface area contributed by atoms with Crippen LogP contribution in [0.3, 0.4) is 0 Å². The molecule has 1 fully saturated rings. The first-order chi connectivity index (χ1) is 14.4. The second-order valence-corrected chi connectivity index (χ2v) is 7.34. The monoisotopic (exact) mass is 414 g/mol. The standard InChI is InChI=1S/C20H26N6O4/c1-23-10-12-25(13-11-23)18(17-8-5-9-24(17)2)14-21-19(27)20(28)22-15-6-3-4-7-16(15)26(29)30/h3-9,18H,10-14H2,1-2H3,(H,21,27)(H,22,28). The molecule has 2 amide bonds. The van der Waals surface area contributed by atoms with Gasteiger partial charge in [0.1, 0.15) is 5.69 Å². The molecule has 0 aliphatic carbocycles. The number of hydrogen-bond acceptors (Lipinski definition) is 6. The molecule has 0 radical (unpaired) electrons. The minimum atomic E-state index is -0.937. The van der Waals surface area contributed by atoms with Crippen LogP contribution in [0.5, 0.6) is 0 Å². The first-order valence-corrected chi connectivity index (χ1v) is 9.73. The molecule has 0 spiro atoms. The van der Waals surface area contributed by atoms with Gasteiger partial charge < -0.3 is 20.1 Å². The number of nitrogens with one attached hydrogen (secondary N) is 2. The number of benzene rings is 1. The molecule has 1 aromatic heterocycles. The Labute approximate surface area is 174 Å². The van der Waals surface area contributed by atoms with Crippen LogP contribution in [-0.2, 0) is 16.6 Å². The van der Waals surface area contributed by atoms with Gasteiger partial charge in [-0.25, -0.2) is 0 Å². The summed E-state index contributed by atoms with van der Waals surface area (Å²) in [5, 5.41) is 16.1. The van der Waals surface area contributed by atoms with Crippen LogP contribution in [0.25, 0.3) is 0 Å². The molecule has 0 saturated carbocycles. The molecule has 1 aromatic carbocycles. The maximum absolute atomic E-state index is 12.4. The van der Waals surface area contributed by atoms with Gasteiger partial charge in [-0.15, -0.1) is 0 Å². The van der Waals surface area contributed by atoms with E-state index < -0.39 is 16.7 Å². The molecular weight excluding hydrogens is 388 g/mol. The van der Waals surface area contributed by atoms with Crippen molar-refractivity contribution in [1.29, 1.82) is 0 Å². The second kappa shape index (κ2) is 9.51. The van der Waals surface area contributed by atoms with Gasteiger partial charge in [0.25, 0.3) is 5.69 Å². The molecule has 160 valence electrons. The van der Waals surface area contributed by atoms with Crippen LogP contribution in [0.4, 0.5) is 11.4 Å². The van der Waals surface area contributed by atoms with Gasteiger partial charge >= 0.3 is 11.8 Å². The highest BCUT2D eigenvalue weighted by molar-refractivity contribution is 6.39. The summed E-state index contributed by atoms with van der Waals surface area (Å²) in [6, 6.07) is 9.58. The summed E-state index contributed by atoms with van der Waals surface area (Å²) in [6.07, 6.45) is 1.95. The Morgan fingerprint density at radius 1 is 1.07 bits per heavy atom. The van der Waals surface area contributed by atoms with E-state index in [4.69, 9.17) is 0 Å². The van der Waals surface area contributed by atoms with Gasteiger partial charge in [0, 0.05) is 57.7 Å². The average Bonchev–Trinajstić information content (AvgIpc) is 3.15. The highest BCUT2D eigenvalue weighted by atomic mass is 16.6. The fraction of sp³-hybridized carbons (Fsp3) is 0.400. The number of nitro benzene ring substituents is 1. The van der Waals surface area contributed by atoms with E-state index in [9.17, 15) is 19.7 Å². The number of carbonyl (C=O) groups excluding carboxylic acids is 2. The Kier molecular flexibility index (Phi) is 6.80. The Balaban J connectivity index is 1.66. The summed E-state index contributed by atoms with van der Waals surface area (Å²) >= 11 is 0. The van der Waals surface area contributed by atoms with Crippen LogP contribution in [0.1, 0.15) is 11.7 Å². The molecule has 2 aromatic rings. The minimum absolute atomic E-state index is 0.0132. The van der Waals surface area contributed by atoms with E-state index >= 15 is 0 Å². The highest BCUT2D eigenvalue weighted by Gasteiger charge is 2.27. The molecule has 30 heavy (non-hydrogen) atoms. The first kappa shape index (κ1) is 21.5. The SMILES string of the molecule is CN1CCN(C(CNC(=O)C(=O)Nc2ccccc2[N+](=O)[O-])c2cccn2C)CC1. The van der Waals surface area contributed by atoms with Crippen molar-refractivity contribution in [1.82, 2.24) is 19.7 Å². The molecule has 3 rings (SSSR count). The van der Waals surface area contributed by atoms with Crippen LogP contribution in [0.2, 0.25) is 0 Å². The lowest BCUT2D eigenvalue weighted by Crippen LogP contribution is -2.49. The number of hydrogen-bond donors (Lipinski definition) is 2. The summed E-state index contributed by atoms with van der Waals surface area (Å²) in [7, 11) is 4.02. The summed E-state index contributed by atoms with van der Waals surface area (Å²) in [5.74, 6) is -1.77. The summed E-state index contributed by atoms with van der Waals surface area (Å²) in [4.78, 5) is 39.7. The van der Waals surface area contributed by atoms with Gasteiger partial charge in [-0.1, -0.05) is 12.1 Å². The largest absolute Gasteiger partial charge is 0.353 e. The van der Waals surface area contributed by atoms with Crippen molar-refractivity contribution >= 4 is 23.2 Å². The lowest BCUT2D eigenvalue weighted by Gasteiger charge is -2.38. The Bertz CT molecular complexity index is 920. The Morgan fingerprint density at radius 3 is 2.40 bits per heavy atom. The maximum atomic E-state index is 12.4. The summed E-state index contributed by atoms with van der Waals surface area (Å²) in [6.45, 7) is 3.81. The van der Waals surface area contributed by atoms with Crippen molar-refractivity contribution < 1.29 is 14.5 Å². The zero-order valence-corrected chi connectivity index (χ0v) is 17.1. The smallest absolute Gasteiger partial charge is 0.313 e. The molecule has 2 N–H and O–H groups in total. The van der Waals surface area contributed by atoms with Crippen molar-refractivity contribution in [3.05, 3.63) is 58.4 Å². The summed E-state index contributed by atoms with van der Waals surface area (Å²) in [5.41, 5.74) is 0.762. The van der Waals surface area contributed by atoms with E-state index in [1.807, 2.05) is 29.9 Å². The van der Waals surface area contributed by atoms with Crippen LogP contribution in [-0.4, -0.2) is 70.9 Å². The lowest BCUT2D eigenvalue weighted by atomic mass is 10.1. The van der Waals surface area contributed by atoms with E-state index in [-0.39, 0.29) is 24.0 Å². The number of amides is 2. The zero-order chi connectivity index (χ0) is 21.7. The number of piperazine rings is 1. The van der Waals surface area contributed by atoms with Gasteiger partial charge in [-0.2, -0.15) is 0 Å². The fourth-order valence-corrected chi connectivity index (χ4v) is 3.56. The van der Waals surface area contributed by atoms with Crippen LogP contribution < -0.4 is 10.6 Å². The summed E-state index contributed by atoms with van der Waals surface area (Å²) < 4.78 is 2.00. The number of rotatable bonds is 6. The van der Waals surface area contributed by atoms with E-state index in [1.165, 1.54) is 18.2 Å². The predicted molar refractivity (Wildman–Crippen MR) is 112 cm³/mol. The van der Waals surface area contributed by atoms with Crippen molar-refractivity contribution in [3.8, 4) is 0 Å². The number of aromatic nitrogens is 1. The van der Waals surface area contributed by atoms with Gasteiger partial charge in [0.15, 0.2) is 0 Å². The zero-order valence-electron chi connectivity index (χ0n) is 17.1. The third-order valence-electron chi connectivity index (χ3n) is 5.32. The molecule has 1 unspecified atom stereocenters. The third kappa shape index (κ3) is 5.02. The molecule has 1 aliphatic rings. The van der Waals surface area contributed by atoms with E-state index in [1.54, 1.807) is 6.07 Å². The number of nitrogens with zero attached hydrogens (tertiary/aromatic N) is 4. The molecule has 1 aliphatic heterocycles. The van der Waals surface area contributed by atoms with Crippen LogP contribution >= 0.6 is 0 Å². The Hall–Kier alpha value is -3.24. The topological polar surface area (TPSA) is 113 Å². The number of para-hydroxylation sites is 2. The van der Waals surface area contributed by atoms with Crippen molar-refractivity contribution in [2.75, 3.05) is 45.1 Å². The number of carbonyl (C=O) groups is 2. The van der Waals surface area contributed by atoms with E-state index in [2.05, 4.69) is 27.5 Å². The van der Waals surface area contributed by atoms with Crippen molar-refractivity contribution in [2.24, 2.45) is 7.05 Å². The van der Waals surface area contributed by atoms with E-state index in [0.29, 0.717) is 0 Å². The third-order valence-corrected chi connectivity index (χ3v) is 5.32. The normalized spacial score (nSPS) is 16.1. The second-order valence-electron chi connectivity index (χ2n) is 7.34. The molecule has 1 atom stereocenters. The van der Waals surface area contributed by atoms with E-state index in [0.717, 1.165) is 31.9 Å². The van der Waals surface area contributed by atoms with Crippen LogP contribution in [0, 0.1) is 10.1 Å². The molecule has 2 heterocycles. The fourth-order valence-electron chi connectivity index (χ4n) is 3.56. The predicted octanol–water partition coefficient (Wildman–Crippen LogP) is 0.977. The van der Waals surface area contributed by atoms with Crippen molar-refractivity contribution in [2.45, 2.75) is 6.04 Å². The highest BCUT2D eigenvalue weighted by Crippen LogP contribution is 2.23. The van der Waals surface area contributed by atoms with Gasteiger partial charge in [-0.3, -0.25) is 24.6 Å². The molecule has 0 bridgehead atoms. The molecule has 1 saturated heterocycles. The molecular formula is C20H26N6O4.